The summed E-state index contributed by atoms with van der Waals surface area (Å²) in [4.78, 5) is 23.4. The predicted octanol–water partition coefficient (Wildman–Crippen LogP) is 3.32. The van der Waals surface area contributed by atoms with Crippen LogP contribution in [0, 0.1) is 0 Å². The third-order valence-corrected chi connectivity index (χ3v) is 4.38. The first-order chi connectivity index (χ1) is 14.0. The van der Waals surface area contributed by atoms with Crippen molar-refractivity contribution in [2.45, 2.75) is 25.7 Å². The van der Waals surface area contributed by atoms with E-state index >= 15 is 0 Å². The number of hydrogen-bond acceptors (Lipinski definition) is 7. The Morgan fingerprint density at radius 3 is 2.52 bits per heavy atom. The van der Waals surface area contributed by atoms with Crippen LogP contribution < -0.4 is 15.6 Å². The molecule has 0 bridgehead atoms. The van der Waals surface area contributed by atoms with E-state index in [1.807, 2.05) is 0 Å². The van der Waals surface area contributed by atoms with E-state index in [-0.39, 0.29) is 34.3 Å². The zero-order chi connectivity index (χ0) is 20.8. The second kappa shape index (κ2) is 9.11. The fourth-order valence-electron chi connectivity index (χ4n) is 2.91. The molecule has 0 spiro atoms. The van der Waals surface area contributed by atoms with E-state index in [0.717, 1.165) is 6.42 Å². The van der Waals surface area contributed by atoms with Crippen LogP contribution in [-0.4, -0.2) is 27.9 Å². The average Bonchev–Trinajstić information content (AvgIpc) is 2.70. The minimum absolute atomic E-state index is 0.0647. The Morgan fingerprint density at radius 1 is 1.03 bits per heavy atom. The minimum atomic E-state index is -0.426. The Balaban J connectivity index is 1.74. The van der Waals surface area contributed by atoms with E-state index in [1.165, 1.54) is 24.3 Å². The summed E-state index contributed by atoms with van der Waals surface area (Å²) in [7, 11) is 0. The molecule has 29 heavy (non-hydrogen) atoms. The zero-order valence-electron chi connectivity index (χ0n) is 15.6. The van der Waals surface area contributed by atoms with Gasteiger partial charge in [0, 0.05) is 30.2 Å². The molecule has 0 aliphatic carbocycles. The molecule has 0 fully saturated rings. The quantitative estimate of drug-likeness (QED) is 0.260. The summed E-state index contributed by atoms with van der Waals surface area (Å²) in [6, 6.07) is 10.4. The summed E-state index contributed by atoms with van der Waals surface area (Å²) >= 11 is 0. The van der Waals surface area contributed by atoms with E-state index in [9.17, 15) is 19.8 Å². The Kier molecular flexibility index (Phi) is 6.36. The number of carbonyl (C=O) groups excluding carboxylic acids is 1. The lowest BCUT2D eigenvalue weighted by atomic mass is 10.1. The van der Waals surface area contributed by atoms with Gasteiger partial charge in [0.15, 0.2) is 5.43 Å². The molecule has 0 atom stereocenters. The number of phenols is 2. The lowest BCUT2D eigenvalue weighted by Gasteiger charge is -2.09. The number of hydroxylamine groups is 1. The van der Waals surface area contributed by atoms with Crippen LogP contribution in [0.25, 0.3) is 22.3 Å². The van der Waals surface area contributed by atoms with Gasteiger partial charge in [-0.05, 0) is 43.5 Å². The van der Waals surface area contributed by atoms with Crippen molar-refractivity contribution in [2.24, 2.45) is 0 Å². The summed E-state index contributed by atoms with van der Waals surface area (Å²) in [5.74, 6) is 0.102. The van der Waals surface area contributed by atoms with Gasteiger partial charge >= 0.3 is 0 Å². The van der Waals surface area contributed by atoms with Crippen LogP contribution in [0.3, 0.4) is 0 Å². The smallest absolute Gasteiger partial charge is 0.243 e. The van der Waals surface area contributed by atoms with E-state index in [1.54, 1.807) is 23.7 Å². The SMILES string of the molecule is O=C(CCCCCOc1cc(O)c2c(=O)cc(-c3ccc(O)cc3)oc2c1)NO. The highest BCUT2D eigenvalue weighted by Crippen LogP contribution is 2.31. The van der Waals surface area contributed by atoms with E-state index in [4.69, 9.17) is 14.4 Å². The molecule has 0 aliphatic heterocycles. The van der Waals surface area contributed by atoms with Crippen LogP contribution in [0.1, 0.15) is 25.7 Å². The summed E-state index contributed by atoms with van der Waals surface area (Å²) in [5.41, 5.74) is 1.99. The van der Waals surface area contributed by atoms with Crippen LogP contribution in [-0.2, 0) is 4.79 Å². The molecule has 2 aromatic carbocycles. The summed E-state index contributed by atoms with van der Waals surface area (Å²) < 4.78 is 11.4. The molecule has 0 radical (unpaired) electrons. The Labute approximate surface area is 165 Å². The highest BCUT2D eigenvalue weighted by Gasteiger charge is 2.13. The van der Waals surface area contributed by atoms with E-state index < -0.39 is 5.91 Å². The van der Waals surface area contributed by atoms with Crippen molar-refractivity contribution in [1.29, 1.82) is 0 Å². The second-order valence-corrected chi connectivity index (χ2v) is 6.53. The maximum atomic E-state index is 12.4. The molecular weight excluding hydrogens is 378 g/mol. The number of amides is 1. The third-order valence-electron chi connectivity index (χ3n) is 4.38. The van der Waals surface area contributed by atoms with Gasteiger partial charge < -0.3 is 19.4 Å². The van der Waals surface area contributed by atoms with Crippen molar-refractivity contribution in [3.63, 3.8) is 0 Å². The topological polar surface area (TPSA) is 129 Å². The van der Waals surface area contributed by atoms with Crippen LogP contribution >= 0.6 is 0 Å². The molecule has 8 heteroatoms. The summed E-state index contributed by atoms with van der Waals surface area (Å²) in [5, 5.41) is 28.1. The molecule has 3 aromatic rings. The Hall–Kier alpha value is -3.52. The normalized spacial score (nSPS) is 10.8. The van der Waals surface area contributed by atoms with Gasteiger partial charge in [0.25, 0.3) is 0 Å². The molecule has 1 amide bonds. The number of hydrogen-bond donors (Lipinski definition) is 4. The lowest BCUT2D eigenvalue weighted by molar-refractivity contribution is -0.129. The highest BCUT2D eigenvalue weighted by atomic mass is 16.5. The number of phenolic OH excluding ortho intramolecular Hbond substituents is 2. The van der Waals surface area contributed by atoms with Gasteiger partial charge in [-0.15, -0.1) is 0 Å². The number of carbonyl (C=O) groups is 1. The van der Waals surface area contributed by atoms with E-state index in [0.29, 0.717) is 36.5 Å². The summed E-state index contributed by atoms with van der Waals surface area (Å²) in [6.07, 6.45) is 2.25. The van der Waals surface area contributed by atoms with Gasteiger partial charge in [-0.3, -0.25) is 14.8 Å². The maximum absolute atomic E-state index is 12.4. The molecule has 152 valence electrons. The van der Waals surface area contributed by atoms with Crippen molar-refractivity contribution in [3.05, 3.63) is 52.7 Å². The van der Waals surface area contributed by atoms with Crippen molar-refractivity contribution in [1.82, 2.24) is 5.48 Å². The molecule has 3 rings (SSSR count). The molecule has 8 nitrogen and oxygen atoms in total. The van der Waals surface area contributed by atoms with Crippen molar-refractivity contribution < 1.29 is 29.4 Å². The molecular formula is C21H21NO7. The zero-order valence-corrected chi connectivity index (χ0v) is 15.6. The Morgan fingerprint density at radius 2 is 1.79 bits per heavy atom. The number of rotatable bonds is 8. The molecule has 0 aliphatic rings. The standard InChI is InChI=1S/C21H21NO7/c23-14-7-5-13(6-8-14)18-12-17(25)21-16(24)10-15(11-19(21)29-18)28-9-3-1-2-4-20(26)22-27/h5-8,10-12,23-24,27H,1-4,9H2,(H,22,26). The van der Waals surface area contributed by atoms with Crippen LogP contribution in [0.5, 0.6) is 17.2 Å². The highest BCUT2D eigenvalue weighted by molar-refractivity contribution is 5.86. The Bertz CT molecular complexity index is 1060. The molecule has 0 unspecified atom stereocenters. The van der Waals surface area contributed by atoms with E-state index in [2.05, 4.69) is 0 Å². The number of nitrogens with one attached hydrogen (secondary N) is 1. The summed E-state index contributed by atoms with van der Waals surface area (Å²) in [6.45, 7) is 0.355. The lowest BCUT2D eigenvalue weighted by Crippen LogP contribution is -2.17. The van der Waals surface area contributed by atoms with Crippen molar-refractivity contribution in [3.8, 4) is 28.6 Å². The number of fused-ring (bicyclic) bond motifs is 1. The maximum Gasteiger partial charge on any atom is 0.243 e. The number of ether oxygens (including phenoxy) is 1. The fourth-order valence-corrected chi connectivity index (χ4v) is 2.91. The van der Waals surface area contributed by atoms with Gasteiger partial charge in [-0.1, -0.05) is 0 Å². The first-order valence-corrected chi connectivity index (χ1v) is 9.14. The average molecular weight is 399 g/mol. The number of aromatic hydroxyl groups is 2. The van der Waals surface area contributed by atoms with Gasteiger partial charge in [0.2, 0.25) is 5.91 Å². The molecule has 1 aromatic heterocycles. The largest absolute Gasteiger partial charge is 0.508 e. The van der Waals surface area contributed by atoms with Crippen LogP contribution in [0.4, 0.5) is 0 Å². The van der Waals surface area contributed by atoms with Gasteiger partial charge in [0.1, 0.15) is 34.0 Å². The first kappa shape index (κ1) is 20.2. The third kappa shape index (κ3) is 5.05. The van der Waals surface area contributed by atoms with Crippen LogP contribution in [0.15, 0.2) is 51.7 Å². The monoisotopic (exact) mass is 399 g/mol. The number of benzene rings is 2. The molecule has 0 saturated heterocycles. The second-order valence-electron chi connectivity index (χ2n) is 6.53. The molecule has 1 heterocycles. The first-order valence-electron chi connectivity index (χ1n) is 9.14. The predicted molar refractivity (Wildman–Crippen MR) is 105 cm³/mol. The van der Waals surface area contributed by atoms with Gasteiger partial charge in [-0.2, -0.15) is 0 Å². The molecule has 0 saturated carbocycles. The van der Waals surface area contributed by atoms with Gasteiger partial charge in [0.05, 0.1) is 6.61 Å². The van der Waals surface area contributed by atoms with Crippen molar-refractivity contribution in [2.75, 3.05) is 6.61 Å². The molecule has 4 N–H and O–H groups in total. The minimum Gasteiger partial charge on any atom is -0.508 e. The van der Waals surface area contributed by atoms with Gasteiger partial charge in [-0.25, -0.2) is 5.48 Å². The van der Waals surface area contributed by atoms with Crippen LogP contribution in [0.2, 0.25) is 0 Å². The van der Waals surface area contributed by atoms with Crippen molar-refractivity contribution >= 4 is 16.9 Å². The number of unbranched alkanes of at least 4 members (excludes halogenated alkanes) is 2. The fraction of sp³-hybridized carbons (Fsp3) is 0.238.